The van der Waals surface area contributed by atoms with Gasteiger partial charge in [-0.25, -0.2) is 0 Å². The Bertz CT molecular complexity index is 1300. The molecule has 5 rings (SSSR count). The molecule has 0 spiro atoms. The quantitative estimate of drug-likeness (QED) is 0.164. The molecule has 5 aromatic rings. The Morgan fingerprint density at radius 3 is 2.30 bits per heavy atom. The van der Waals surface area contributed by atoms with Gasteiger partial charge in [0.05, 0.1) is 5.01 Å². The Kier molecular flexibility index (Phi) is 4.63. The van der Waals surface area contributed by atoms with Crippen LogP contribution in [0.15, 0.2) is 54.6 Å². The van der Waals surface area contributed by atoms with Gasteiger partial charge in [-0.15, -0.1) is 34.9 Å². The van der Waals surface area contributed by atoms with Gasteiger partial charge in [0.15, 0.2) is 0 Å². The average molecular weight is 545 g/mol. The van der Waals surface area contributed by atoms with Crippen LogP contribution in [0.5, 0.6) is 0 Å². The first-order chi connectivity index (χ1) is 12.6. The van der Waals surface area contributed by atoms with Crippen LogP contribution in [-0.2, 0) is 20.1 Å². The van der Waals surface area contributed by atoms with Gasteiger partial charge in [0.25, 0.3) is 0 Å². The summed E-state index contributed by atoms with van der Waals surface area (Å²) in [5.41, 5.74) is 6.28. The minimum Gasteiger partial charge on any atom is -0.290 e. The number of benzene rings is 4. The molecule has 0 unspecified atom stereocenters. The van der Waals surface area contributed by atoms with Gasteiger partial charge in [-0.3, -0.25) is 4.98 Å². The van der Waals surface area contributed by atoms with Crippen LogP contribution < -0.4 is 0 Å². The van der Waals surface area contributed by atoms with E-state index in [0.717, 1.165) is 15.9 Å². The molecule has 0 saturated heterocycles. The SMILES string of the molecule is Cc1nc2c3[c-]ccc(-c4c(C)cccc4C)c3c3ccccc3c2s1.[Ir]. The zero-order valence-corrected chi connectivity index (χ0v) is 18.6. The molecule has 0 amide bonds. The molecule has 1 heterocycles. The van der Waals surface area contributed by atoms with E-state index in [-0.39, 0.29) is 20.1 Å². The number of fused-ring (bicyclic) bond motifs is 6. The first-order valence-electron chi connectivity index (χ1n) is 8.84. The van der Waals surface area contributed by atoms with Crippen LogP contribution in [0.4, 0.5) is 0 Å². The predicted octanol–water partition coefficient (Wildman–Crippen LogP) is 6.99. The molecule has 1 nitrogen and oxygen atoms in total. The second-order valence-corrected chi connectivity index (χ2v) is 8.07. The summed E-state index contributed by atoms with van der Waals surface area (Å²) in [6.45, 7) is 6.47. The summed E-state index contributed by atoms with van der Waals surface area (Å²) < 4.78 is 1.26. The second kappa shape index (κ2) is 6.83. The van der Waals surface area contributed by atoms with Gasteiger partial charge in [0.1, 0.15) is 0 Å². The number of nitrogens with zero attached hydrogens (tertiary/aromatic N) is 1. The molecule has 1 aromatic heterocycles. The third kappa shape index (κ3) is 2.73. The molecule has 4 aromatic carbocycles. The van der Waals surface area contributed by atoms with Gasteiger partial charge >= 0.3 is 0 Å². The molecule has 135 valence electrons. The standard InChI is InChI=1S/C24H18NS.Ir/c1-14-8-6-9-15(2)21(14)19-12-7-13-20-22(19)17-10-4-5-11-18(17)24-23(20)25-16(3)26-24;/h4-12H,1-3H3;/q-1;. The Hall–Kier alpha value is -2.06. The summed E-state index contributed by atoms with van der Waals surface area (Å²) in [4.78, 5) is 4.86. The molecular formula is C24H18IrNS-. The van der Waals surface area contributed by atoms with Crippen molar-refractivity contribution in [3.63, 3.8) is 0 Å². The Balaban J connectivity index is 0.00000180. The Labute approximate surface area is 176 Å². The van der Waals surface area contributed by atoms with Crippen LogP contribution >= 0.6 is 11.3 Å². The fraction of sp³-hybridized carbons (Fsp3) is 0.125. The molecule has 0 N–H and O–H groups in total. The Morgan fingerprint density at radius 2 is 1.56 bits per heavy atom. The summed E-state index contributed by atoms with van der Waals surface area (Å²) in [6, 6.07) is 23.0. The first kappa shape index (κ1) is 18.3. The maximum absolute atomic E-state index is 4.86. The molecule has 0 bridgehead atoms. The van der Waals surface area contributed by atoms with E-state index in [9.17, 15) is 0 Å². The fourth-order valence-electron chi connectivity index (χ4n) is 4.09. The topological polar surface area (TPSA) is 12.9 Å². The minimum atomic E-state index is 0. The number of aryl methyl sites for hydroxylation is 3. The molecular weight excluding hydrogens is 527 g/mol. The summed E-state index contributed by atoms with van der Waals surface area (Å²) in [5.74, 6) is 0. The molecule has 0 fully saturated rings. The number of hydrogen-bond donors (Lipinski definition) is 0. The molecule has 0 aliphatic rings. The van der Waals surface area contributed by atoms with Gasteiger partial charge in [-0.1, -0.05) is 58.8 Å². The van der Waals surface area contributed by atoms with Gasteiger partial charge < -0.3 is 0 Å². The van der Waals surface area contributed by atoms with Gasteiger partial charge in [0.2, 0.25) is 0 Å². The third-order valence-electron chi connectivity index (χ3n) is 5.16. The van der Waals surface area contributed by atoms with Crippen molar-refractivity contribution in [1.29, 1.82) is 0 Å². The van der Waals surface area contributed by atoms with E-state index in [1.165, 1.54) is 43.1 Å². The van der Waals surface area contributed by atoms with Crippen molar-refractivity contribution >= 4 is 43.1 Å². The van der Waals surface area contributed by atoms with E-state index in [1.54, 1.807) is 11.3 Å². The summed E-state index contributed by atoms with van der Waals surface area (Å²) in [6.07, 6.45) is 0. The van der Waals surface area contributed by atoms with Crippen molar-refractivity contribution < 1.29 is 20.1 Å². The van der Waals surface area contributed by atoms with E-state index in [4.69, 9.17) is 4.98 Å². The van der Waals surface area contributed by atoms with Crippen LogP contribution in [0.25, 0.3) is 42.9 Å². The molecule has 0 atom stereocenters. The molecule has 1 radical (unpaired) electrons. The summed E-state index contributed by atoms with van der Waals surface area (Å²) >= 11 is 1.77. The van der Waals surface area contributed by atoms with Crippen LogP contribution in [0.3, 0.4) is 0 Å². The van der Waals surface area contributed by atoms with E-state index < -0.39 is 0 Å². The van der Waals surface area contributed by atoms with Crippen LogP contribution in [0, 0.1) is 26.8 Å². The Morgan fingerprint density at radius 1 is 0.852 bits per heavy atom. The monoisotopic (exact) mass is 545 g/mol. The minimum absolute atomic E-state index is 0. The molecule has 27 heavy (non-hydrogen) atoms. The molecule has 0 aliphatic carbocycles. The number of aromatic nitrogens is 1. The molecule has 3 heteroatoms. The summed E-state index contributed by atoms with van der Waals surface area (Å²) in [5, 5.41) is 6.06. The number of rotatable bonds is 1. The van der Waals surface area contributed by atoms with E-state index in [1.807, 2.05) is 6.07 Å². The van der Waals surface area contributed by atoms with Crippen molar-refractivity contribution in [3.05, 3.63) is 76.8 Å². The first-order valence-corrected chi connectivity index (χ1v) is 9.65. The predicted molar refractivity (Wildman–Crippen MR) is 113 cm³/mol. The average Bonchev–Trinajstić information content (AvgIpc) is 3.04. The smallest absolute Gasteiger partial charge is 0.0788 e. The normalized spacial score (nSPS) is 11.2. The van der Waals surface area contributed by atoms with Crippen molar-refractivity contribution in [2.75, 3.05) is 0 Å². The van der Waals surface area contributed by atoms with E-state index in [2.05, 4.69) is 75.4 Å². The van der Waals surface area contributed by atoms with Gasteiger partial charge in [-0.05, 0) is 42.8 Å². The fourth-order valence-corrected chi connectivity index (χ4v) is 5.06. The third-order valence-corrected chi connectivity index (χ3v) is 6.16. The van der Waals surface area contributed by atoms with Crippen LogP contribution in [-0.4, -0.2) is 4.98 Å². The van der Waals surface area contributed by atoms with Crippen molar-refractivity contribution in [3.8, 4) is 11.1 Å². The zero-order chi connectivity index (χ0) is 17.8. The second-order valence-electron chi connectivity index (χ2n) is 6.86. The number of thiazole rings is 1. The van der Waals surface area contributed by atoms with E-state index >= 15 is 0 Å². The maximum Gasteiger partial charge on any atom is 0.0788 e. The van der Waals surface area contributed by atoms with Gasteiger partial charge in [-0.2, -0.15) is 0 Å². The maximum atomic E-state index is 4.86. The zero-order valence-electron chi connectivity index (χ0n) is 15.4. The molecule has 0 saturated carbocycles. The van der Waals surface area contributed by atoms with Crippen LogP contribution in [0.2, 0.25) is 0 Å². The van der Waals surface area contributed by atoms with Gasteiger partial charge in [0, 0.05) is 30.3 Å². The van der Waals surface area contributed by atoms with Crippen LogP contribution in [0.1, 0.15) is 16.1 Å². The largest absolute Gasteiger partial charge is 0.290 e. The summed E-state index contributed by atoms with van der Waals surface area (Å²) in [7, 11) is 0. The molecule has 0 aliphatic heterocycles. The number of hydrogen-bond acceptors (Lipinski definition) is 2. The van der Waals surface area contributed by atoms with Crippen molar-refractivity contribution in [2.24, 2.45) is 0 Å². The van der Waals surface area contributed by atoms with Crippen molar-refractivity contribution in [1.82, 2.24) is 4.98 Å². The van der Waals surface area contributed by atoms with Crippen molar-refractivity contribution in [2.45, 2.75) is 20.8 Å². The van der Waals surface area contributed by atoms with E-state index in [0.29, 0.717) is 0 Å².